The summed E-state index contributed by atoms with van der Waals surface area (Å²) in [7, 11) is -3.74. The van der Waals surface area contributed by atoms with E-state index in [9.17, 15) is 18.3 Å². The Morgan fingerprint density at radius 3 is 2.57 bits per heavy atom. The van der Waals surface area contributed by atoms with E-state index in [0.717, 1.165) is 24.0 Å². The number of benzene rings is 2. The molecule has 3 rings (SSSR count). The Balaban J connectivity index is 1.76. The first-order chi connectivity index (χ1) is 13.3. The largest absolute Gasteiger partial charge is 0.396 e. The number of amides is 1. The molecule has 1 aliphatic heterocycles. The summed E-state index contributed by atoms with van der Waals surface area (Å²) in [5.74, 6) is -0.0243. The Labute approximate surface area is 166 Å². The number of rotatable bonds is 5. The van der Waals surface area contributed by atoms with E-state index in [1.807, 2.05) is 19.9 Å². The van der Waals surface area contributed by atoms with Crippen molar-refractivity contribution in [2.75, 3.05) is 24.4 Å². The maximum atomic E-state index is 12.7. The third-order valence-electron chi connectivity index (χ3n) is 5.32. The fourth-order valence-electron chi connectivity index (χ4n) is 3.42. The second kappa shape index (κ2) is 8.32. The quantitative estimate of drug-likeness (QED) is 0.805. The molecule has 0 bridgehead atoms. The monoisotopic (exact) mass is 402 g/mol. The van der Waals surface area contributed by atoms with Crippen molar-refractivity contribution in [1.29, 1.82) is 0 Å². The molecule has 2 aromatic rings. The zero-order chi connectivity index (χ0) is 20.3. The molecule has 2 N–H and O–H groups in total. The first-order valence-corrected chi connectivity index (χ1v) is 10.9. The summed E-state index contributed by atoms with van der Waals surface area (Å²) in [5.41, 5.74) is 2.87. The topological polar surface area (TPSA) is 86.7 Å². The summed E-state index contributed by atoms with van der Waals surface area (Å²) in [6.07, 6.45) is 1.78. The molecule has 2 aromatic carbocycles. The SMILES string of the molecule is Cc1cccc(NS(=O)(=O)c2ccc(C(=O)N3CCCC(CO)C3)cc2)c1C. The average molecular weight is 403 g/mol. The third kappa shape index (κ3) is 4.36. The number of carbonyl (C=O) groups excluding carboxylic acids is 1. The van der Waals surface area contributed by atoms with Crippen molar-refractivity contribution >= 4 is 21.6 Å². The predicted molar refractivity (Wildman–Crippen MR) is 109 cm³/mol. The zero-order valence-corrected chi connectivity index (χ0v) is 17.0. The van der Waals surface area contributed by atoms with Gasteiger partial charge in [0.05, 0.1) is 10.6 Å². The minimum absolute atomic E-state index is 0.0744. The predicted octanol–water partition coefficient (Wildman–Crippen LogP) is 2.95. The van der Waals surface area contributed by atoms with E-state index in [1.54, 1.807) is 29.2 Å². The van der Waals surface area contributed by atoms with Gasteiger partial charge >= 0.3 is 0 Å². The lowest BCUT2D eigenvalue weighted by Crippen LogP contribution is -2.40. The van der Waals surface area contributed by atoms with Gasteiger partial charge in [0.2, 0.25) is 0 Å². The molecule has 0 saturated carbocycles. The summed E-state index contributed by atoms with van der Waals surface area (Å²) in [4.78, 5) is 14.5. The van der Waals surface area contributed by atoms with Gasteiger partial charge in [-0.2, -0.15) is 0 Å². The van der Waals surface area contributed by atoms with E-state index >= 15 is 0 Å². The van der Waals surface area contributed by atoms with Crippen LogP contribution in [0.5, 0.6) is 0 Å². The number of hydrogen-bond donors (Lipinski definition) is 2. The molecule has 1 amide bonds. The van der Waals surface area contributed by atoms with Gasteiger partial charge in [0.1, 0.15) is 0 Å². The number of likely N-dealkylation sites (tertiary alicyclic amines) is 1. The second-order valence-electron chi connectivity index (χ2n) is 7.32. The summed E-state index contributed by atoms with van der Waals surface area (Å²) < 4.78 is 28.0. The molecule has 6 nitrogen and oxygen atoms in total. The maximum Gasteiger partial charge on any atom is 0.261 e. The number of carbonyl (C=O) groups is 1. The van der Waals surface area contributed by atoms with Crippen LogP contribution in [-0.2, 0) is 10.0 Å². The smallest absolute Gasteiger partial charge is 0.261 e. The number of aliphatic hydroxyl groups is 1. The van der Waals surface area contributed by atoms with Crippen molar-refractivity contribution in [3.63, 3.8) is 0 Å². The minimum atomic E-state index is -3.74. The number of anilines is 1. The van der Waals surface area contributed by atoms with Gasteiger partial charge in [-0.05, 0) is 74.1 Å². The first-order valence-electron chi connectivity index (χ1n) is 9.41. The van der Waals surface area contributed by atoms with Gasteiger partial charge in [0.15, 0.2) is 0 Å². The van der Waals surface area contributed by atoms with E-state index in [1.165, 1.54) is 12.1 Å². The molecule has 1 saturated heterocycles. The molecule has 1 fully saturated rings. The van der Waals surface area contributed by atoms with Crippen LogP contribution in [0.1, 0.15) is 34.3 Å². The average Bonchev–Trinajstić information content (AvgIpc) is 2.71. The minimum Gasteiger partial charge on any atom is -0.396 e. The standard InChI is InChI=1S/C21H26N2O4S/c1-15-5-3-7-20(16(15)2)22-28(26,27)19-10-8-18(9-11-19)21(25)23-12-4-6-17(13-23)14-24/h3,5,7-11,17,22,24H,4,6,12-14H2,1-2H3. The van der Waals surface area contributed by atoms with Crippen molar-refractivity contribution in [1.82, 2.24) is 4.90 Å². The highest BCUT2D eigenvalue weighted by Gasteiger charge is 2.24. The second-order valence-corrected chi connectivity index (χ2v) is 9.00. The number of piperidine rings is 1. The molecule has 7 heteroatoms. The molecule has 0 aromatic heterocycles. The number of hydrogen-bond acceptors (Lipinski definition) is 4. The number of sulfonamides is 1. The van der Waals surface area contributed by atoms with Crippen molar-refractivity contribution in [3.8, 4) is 0 Å². The van der Waals surface area contributed by atoms with Crippen LogP contribution < -0.4 is 4.72 Å². The Kier molecular flexibility index (Phi) is 6.05. The van der Waals surface area contributed by atoms with Gasteiger partial charge in [-0.15, -0.1) is 0 Å². The highest BCUT2D eigenvalue weighted by molar-refractivity contribution is 7.92. The van der Waals surface area contributed by atoms with Crippen LogP contribution in [0, 0.1) is 19.8 Å². The lowest BCUT2D eigenvalue weighted by atomic mass is 9.98. The summed E-state index contributed by atoms with van der Waals surface area (Å²) in [5, 5.41) is 9.33. The molecule has 0 radical (unpaired) electrons. The van der Waals surface area contributed by atoms with E-state index in [0.29, 0.717) is 24.3 Å². The highest BCUT2D eigenvalue weighted by atomic mass is 32.2. The molecule has 0 spiro atoms. The summed E-state index contributed by atoms with van der Waals surface area (Å²) in [6, 6.07) is 11.5. The molecule has 150 valence electrons. The van der Waals surface area contributed by atoms with Gasteiger partial charge < -0.3 is 10.0 Å². The van der Waals surface area contributed by atoms with Crippen molar-refractivity contribution < 1.29 is 18.3 Å². The first kappa shape index (κ1) is 20.4. The molecule has 1 atom stereocenters. The molecule has 0 aliphatic carbocycles. The third-order valence-corrected chi connectivity index (χ3v) is 6.71. The van der Waals surface area contributed by atoms with Crippen molar-refractivity contribution in [3.05, 3.63) is 59.2 Å². The van der Waals surface area contributed by atoms with Crippen LogP contribution in [0.3, 0.4) is 0 Å². The lowest BCUT2D eigenvalue weighted by molar-refractivity contribution is 0.0620. The maximum absolute atomic E-state index is 12.7. The van der Waals surface area contributed by atoms with E-state index < -0.39 is 10.0 Å². The number of nitrogens with zero attached hydrogens (tertiary/aromatic N) is 1. The number of nitrogens with one attached hydrogen (secondary N) is 1. The van der Waals surface area contributed by atoms with Gasteiger partial charge in [-0.1, -0.05) is 12.1 Å². The normalized spacial score (nSPS) is 17.4. The molecule has 28 heavy (non-hydrogen) atoms. The van der Waals surface area contributed by atoms with Gasteiger partial charge in [0.25, 0.3) is 15.9 Å². The van der Waals surface area contributed by atoms with Gasteiger partial charge in [-0.25, -0.2) is 8.42 Å². The number of aliphatic hydroxyl groups excluding tert-OH is 1. The Hall–Kier alpha value is -2.38. The van der Waals surface area contributed by atoms with Gasteiger partial charge in [0, 0.05) is 25.3 Å². The van der Waals surface area contributed by atoms with Crippen LogP contribution in [0.15, 0.2) is 47.4 Å². The van der Waals surface area contributed by atoms with Crippen LogP contribution in [0.25, 0.3) is 0 Å². The summed E-state index contributed by atoms with van der Waals surface area (Å²) >= 11 is 0. The molecular formula is C21H26N2O4S. The molecule has 1 heterocycles. The van der Waals surface area contributed by atoms with Crippen LogP contribution >= 0.6 is 0 Å². The van der Waals surface area contributed by atoms with E-state index in [4.69, 9.17) is 0 Å². The van der Waals surface area contributed by atoms with Crippen LogP contribution in [-0.4, -0.2) is 44.0 Å². The molecule has 1 aliphatic rings. The zero-order valence-electron chi connectivity index (χ0n) is 16.2. The van der Waals surface area contributed by atoms with E-state index in [-0.39, 0.29) is 23.3 Å². The van der Waals surface area contributed by atoms with E-state index in [2.05, 4.69) is 4.72 Å². The Morgan fingerprint density at radius 2 is 1.89 bits per heavy atom. The highest BCUT2D eigenvalue weighted by Crippen LogP contribution is 2.23. The number of aryl methyl sites for hydroxylation is 1. The van der Waals surface area contributed by atoms with Crippen LogP contribution in [0.4, 0.5) is 5.69 Å². The molecule has 1 unspecified atom stereocenters. The van der Waals surface area contributed by atoms with Crippen molar-refractivity contribution in [2.45, 2.75) is 31.6 Å². The molecular weight excluding hydrogens is 376 g/mol. The summed E-state index contributed by atoms with van der Waals surface area (Å²) in [6.45, 7) is 5.06. The van der Waals surface area contributed by atoms with Crippen molar-refractivity contribution in [2.24, 2.45) is 5.92 Å². The lowest BCUT2D eigenvalue weighted by Gasteiger charge is -2.31. The Bertz CT molecular complexity index is 955. The Morgan fingerprint density at radius 1 is 1.18 bits per heavy atom. The fraction of sp³-hybridized carbons (Fsp3) is 0.381. The van der Waals surface area contributed by atoms with Gasteiger partial charge in [-0.3, -0.25) is 9.52 Å². The fourth-order valence-corrected chi connectivity index (χ4v) is 4.55. The van der Waals surface area contributed by atoms with Crippen LogP contribution in [0.2, 0.25) is 0 Å².